The van der Waals surface area contributed by atoms with Gasteiger partial charge in [-0.2, -0.15) is 0 Å². The van der Waals surface area contributed by atoms with Crippen molar-refractivity contribution in [2.45, 2.75) is 13.5 Å². The van der Waals surface area contributed by atoms with Crippen LogP contribution in [0.25, 0.3) is 0 Å². The summed E-state index contributed by atoms with van der Waals surface area (Å²) < 4.78 is 14.2. The van der Waals surface area contributed by atoms with Crippen molar-refractivity contribution in [3.05, 3.63) is 50.1 Å². The van der Waals surface area contributed by atoms with Crippen LogP contribution < -0.4 is 0 Å². The Kier molecular flexibility index (Phi) is 4.31. The number of hydrogen-bond acceptors (Lipinski definition) is 3. The van der Waals surface area contributed by atoms with Crippen molar-refractivity contribution in [3.63, 3.8) is 0 Å². The van der Waals surface area contributed by atoms with Gasteiger partial charge in [0, 0.05) is 16.4 Å². The number of rotatable bonds is 3. The molecule has 0 atom stereocenters. The zero-order chi connectivity index (χ0) is 14.0. The quantitative estimate of drug-likeness (QED) is 0.853. The van der Waals surface area contributed by atoms with Crippen LogP contribution in [0.3, 0.4) is 0 Å². The zero-order valence-corrected chi connectivity index (χ0v) is 12.9. The van der Waals surface area contributed by atoms with Crippen LogP contribution in [0, 0.1) is 12.7 Å². The second-order valence-corrected chi connectivity index (χ2v) is 5.91. The summed E-state index contributed by atoms with van der Waals surface area (Å²) in [7, 11) is 1.65. The average molecular weight is 343 g/mol. The molecule has 2 rings (SSSR count). The molecule has 1 amide bonds. The summed E-state index contributed by atoms with van der Waals surface area (Å²) in [6.07, 6.45) is 0. The van der Waals surface area contributed by atoms with E-state index in [1.165, 1.54) is 22.3 Å². The summed E-state index contributed by atoms with van der Waals surface area (Å²) in [5, 5.41) is 0. The number of thiazole rings is 1. The highest BCUT2D eigenvalue weighted by molar-refractivity contribution is 9.10. The van der Waals surface area contributed by atoms with Crippen LogP contribution in [-0.2, 0) is 6.54 Å². The first-order valence-corrected chi connectivity index (χ1v) is 7.26. The molecule has 0 aliphatic carbocycles. The fraction of sp³-hybridized carbons (Fsp3) is 0.231. The molecular weight excluding hydrogens is 331 g/mol. The Hall–Kier alpha value is -1.27. The van der Waals surface area contributed by atoms with Crippen LogP contribution in [0.2, 0.25) is 0 Å². The number of benzene rings is 1. The number of carbonyl (C=O) groups is 1. The largest absolute Gasteiger partial charge is 0.336 e. The Balaban J connectivity index is 2.22. The van der Waals surface area contributed by atoms with Gasteiger partial charge in [-0.25, -0.2) is 9.37 Å². The molecule has 0 bridgehead atoms. The van der Waals surface area contributed by atoms with Gasteiger partial charge < -0.3 is 4.90 Å². The van der Waals surface area contributed by atoms with Crippen molar-refractivity contribution >= 4 is 33.2 Å². The topological polar surface area (TPSA) is 33.2 Å². The van der Waals surface area contributed by atoms with Gasteiger partial charge >= 0.3 is 0 Å². The SMILES string of the molecule is Cc1ncsc1CN(C)C(=O)c1c(F)cccc1Br. The molecule has 0 aliphatic rings. The first-order chi connectivity index (χ1) is 9.00. The molecule has 3 nitrogen and oxygen atoms in total. The van der Waals surface area contributed by atoms with Crippen LogP contribution in [-0.4, -0.2) is 22.8 Å². The lowest BCUT2D eigenvalue weighted by Gasteiger charge is -2.17. The monoisotopic (exact) mass is 342 g/mol. The van der Waals surface area contributed by atoms with E-state index in [1.54, 1.807) is 24.7 Å². The van der Waals surface area contributed by atoms with Gasteiger partial charge in [0.15, 0.2) is 0 Å². The summed E-state index contributed by atoms with van der Waals surface area (Å²) in [6.45, 7) is 2.32. The molecule has 0 N–H and O–H groups in total. The Morgan fingerprint density at radius 3 is 2.84 bits per heavy atom. The third kappa shape index (κ3) is 3.01. The van der Waals surface area contributed by atoms with Crippen LogP contribution in [0.5, 0.6) is 0 Å². The second-order valence-electron chi connectivity index (χ2n) is 4.12. The van der Waals surface area contributed by atoms with E-state index in [1.807, 2.05) is 6.92 Å². The highest BCUT2D eigenvalue weighted by atomic mass is 79.9. The highest BCUT2D eigenvalue weighted by Gasteiger charge is 2.20. The minimum atomic E-state index is -0.521. The molecule has 1 aromatic heterocycles. The lowest BCUT2D eigenvalue weighted by Crippen LogP contribution is -2.27. The maximum absolute atomic E-state index is 13.7. The van der Waals surface area contributed by atoms with Gasteiger partial charge in [-0.3, -0.25) is 4.79 Å². The van der Waals surface area contributed by atoms with Gasteiger partial charge in [0.25, 0.3) is 5.91 Å². The van der Waals surface area contributed by atoms with Crippen LogP contribution in [0.4, 0.5) is 4.39 Å². The summed E-state index contributed by atoms with van der Waals surface area (Å²) in [5.41, 5.74) is 2.70. The van der Waals surface area contributed by atoms with E-state index in [0.29, 0.717) is 11.0 Å². The molecule has 0 unspecified atom stereocenters. The molecular formula is C13H12BrFN2OS. The van der Waals surface area contributed by atoms with Gasteiger partial charge in [-0.05, 0) is 35.0 Å². The van der Waals surface area contributed by atoms with Gasteiger partial charge in [-0.15, -0.1) is 11.3 Å². The van der Waals surface area contributed by atoms with E-state index in [4.69, 9.17) is 0 Å². The standard InChI is InChI=1S/C13H12BrFN2OS/c1-8-11(19-7-16-8)6-17(2)13(18)12-9(14)4-3-5-10(12)15/h3-5,7H,6H2,1-2H3. The molecule has 0 fully saturated rings. The predicted molar refractivity (Wildman–Crippen MR) is 76.7 cm³/mol. The summed E-state index contributed by atoms with van der Waals surface area (Å²) in [4.78, 5) is 18.9. The van der Waals surface area contributed by atoms with E-state index < -0.39 is 5.82 Å². The van der Waals surface area contributed by atoms with Gasteiger partial charge in [0.2, 0.25) is 0 Å². The number of aryl methyl sites for hydroxylation is 1. The summed E-state index contributed by atoms with van der Waals surface area (Å²) >= 11 is 4.70. The summed E-state index contributed by atoms with van der Waals surface area (Å²) in [5.74, 6) is -0.870. The van der Waals surface area contributed by atoms with E-state index >= 15 is 0 Å². The lowest BCUT2D eigenvalue weighted by atomic mass is 10.2. The second kappa shape index (κ2) is 5.79. The molecule has 19 heavy (non-hydrogen) atoms. The number of hydrogen-bond donors (Lipinski definition) is 0. The minimum absolute atomic E-state index is 0.0622. The van der Waals surface area contributed by atoms with Crippen LogP contribution in [0.15, 0.2) is 28.2 Å². The van der Waals surface area contributed by atoms with Crippen molar-refractivity contribution in [1.29, 1.82) is 0 Å². The van der Waals surface area contributed by atoms with Crippen molar-refractivity contribution in [2.75, 3.05) is 7.05 Å². The molecule has 1 heterocycles. The normalized spacial score (nSPS) is 10.5. The van der Waals surface area contributed by atoms with E-state index in [-0.39, 0.29) is 11.5 Å². The first kappa shape index (κ1) is 14.1. The Morgan fingerprint density at radius 1 is 1.53 bits per heavy atom. The van der Waals surface area contributed by atoms with Crippen molar-refractivity contribution in [2.24, 2.45) is 0 Å². The Labute approximate surface area is 123 Å². The Morgan fingerprint density at radius 2 is 2.26 bits per heavy atom. The number of halogens is 2. The van der Waals surface area contributed by atoms with Crippen molar-refractivity contribution in [1.82, 2.24) is 9.88 Å². The first-order valence-electron chi connectivity index (χ1n) is 5.59. The number of amides is 1. The van der Waals surface area contributed by atoms with E-state index in [0.717, 1.165) is 10.6 Å². The van der Waals surface area contributed by atoms with Crippen molar-refractivity contribution in [3.8, 4) is 0 Å². The van der Waals surface area contributed by atoms with Gasteiger partial charge in [0.05, 0.1) is 23.3 Å². The molecule has 0 saturated carbocycles. The molecule has 0 radical (unpaired) electrons. The van der Waals surface area contributed by atoms with Gasteiger partial charge in [0.1, 0.15) is 5.82 Å². The predicted octanol–water partition coefficient (Wildman–Crippen LogP) is 3.63. The number of carbonyl (C=O) groups excluding carboxylic acids is 1. The average Bonchev–Trinajstić information content (AvgIpc) is 2.74. The smallest absolute Gasteiger partial charge is 0.258 e. The number of aromatic nitrogens is 1. The molecule has 1 aromatic carbocycles. The molecule has 0 spiro atoms. The van der Waals surface area contributed by atoms with Crippen molar-refractivity contribution < 1.29 is 9.18 Å². The maximum Gasteiger partial charge on any atom is 0.258 e. The molecule has 6 heteroatoms. The molecule has 0 aliphatic heterocycles. The minimum Gasteiger partial charge on any atom is -0.336 e. The fourth-order valence-corrected chi connectivity index (χ4v) is 3.00. The van der Waals surface area contributed by atoms with Crippen LogP contribution >= 0.6 is 27.3 Å². The molecule has 100 valence electrons. The summed E-state index contributed by atoms with van der Waals surface area (Å²) in [6, 6.07) is 4.50. The Bertz CT molecular complexity index is 594. The highest BCUT2D eigenvalue weighted by Crippen LogP contribution is 2.22. The number of nitrogens with zero attached hydrogens (tertiary/aromatic N) is 2. The lowest BCUT2D eigenvalue weighted by molar-refractivity contribution is 0.0780. The third-order valence-electron chi connectivity index (χ3n) is 2.75. The zero-order valence-electron chi connectivity index (χ0n) is 10.5. The van der Waals surface area contributed by atoms with E-state index in [9.17, 15) is 9.18 Å². The third-order valence-corrected chi connectivity index (χ3v) is 4.33. The van der Waals surface area contributed by atoms with E-state index in [2.05, 4.69) is 20.9 Å². The fourth-order valence-electron chi connectivity index (χ4n) is 1.66. The van der Waals surface area contributed by atoms with Gasteiger partial charge in [-0.1, -0.05) is 6.07 Å². The van der Waals surface area contributed by atoms with Crippen LogP contribution in [0.1, 0.15) is 20.9 Å². The molecule has 2 aromatic rings. The maximum atomic E-state index is 13.7. The molecule has 0 saturated heterocycles.